The quantitative estimate of drug-likeness (QED) is 0.362. The average molecular weight is 532 g/mol. The first-order chi connectivity index (χ1) is 18.1. The van der Waals surface area contributed by atoms with Crippen LogP contribution in [0, 0.1) is 6.92 Å². The van der Waals surface area contributed by atoms with Gasteiger partial charge in [0.2, 0.25) is 0 Å². The molecule has 3 heterocycles. The van der Waals surface area contributed by atoms with Crippen LogP contribution < -0.4 is 0 Å². The van der Waals surface area contributed by atoms with Crippen LogP contribution in [0.2, 0.25) is 0 Å². The van der Waals surface area contributed by atoms with Gasteiger partial charge in [-0.1, -0.05) is 115 Å². The lowest BCUT2D eigenvalue weighted by molar-refractivity contribution is 0.273. The van der Waals surface area contributed by atoms with Gasteiger partial charge in [-0.25, -0.2) is 4.68 Å². The summed E-state index contributed by atoms with van der Waals surface area (Å²) in [4.78, 5) is 2.68. The van der Waals surface area contributed by atoms with Crippen molar-refractivity contribution in [2.24, 2.45) is 5.10 Å². The SMILES string of the molecule is CC(C)=Nn1cnnc1C.CCN1CCCCCCCCCCCCCCCCCCC1.c1ccsc1. The first-order valence-corrected chi connectivity index (χ1v) is 16.2. The third-order valence-electron chi connectivity index (χ3n) is 6.82. The zero-order valence-electron chi connectivity index (χ0n) is 24.7. The van der Waals surface area contributed by atoms with Gasteiger partial charge in [-0.2, -0.15) is 16.4 Å². The number of hydrogen-bond acceptors (Lipinski definition) is 5. The molecule has 2 aromatic heterocycles. The van der Waals surface area contributed by atoms with Gasteiger partial charge in [0.25, 0.3) is 0 Å². The smallest absolute Gasteiger partial charge is 0.151 e. The standard InChI is InChI=1S/C21H43N.C6H10N4.C4H4S/c1-2-22-20-18-16-14-12-10-8-6-4-3-5-7-9-11-13-15-17-19-21-22;1-5(2)9-10-4-7-8-6(10)3;1-2-4-5-3-1/h2-21H2,1H3;4H,1-3H3;1-4H. The zero-order valence-corrected chi connectivity index (χ0v) is 25.5. The lowest BCUT2D eigenvalue weighted by Crippen LogP contribution is -2.25. The molecule has 5 nitrogen and oxygen atoms in total. The highest BCUT2D eigenvalue weighted by Gasteiger charge is 2.02. The van der Waals surface area contributed by atoms with Crippen molar-refractivity contribution in [3.05, 3.63) is 35.0 Å². The van der Waals surface area contributed by atoms with E-state index in [2.05, 4.69) is 27.1 Å². The Morgan fingerprint density at radius 2 is 1.14 bits per heavy atom. The average Bonchev–Trinajstić information content (AvgIpc) is 3.59. The van der Waals surface area contributed by atoms with E-state index < -0.39 is 0 Å². The Morgan fingerprint density at radius 3 is 1.41 bits per heavy atom. The van der Waals surface area contributed by atoms with Crippen LogP contribution in [0.1, 0.15) is 136 Å². The third-order valence-corrected chi connectivity index (χ3v) is 7.45. The highest BCUT2D eigenvalue weighted by Crippen LogP contribution is 2.15. The normalized spacial score (nSPS) is 17.8. The summed E-state index contributed by atoms with van der Waals surface area (Å²) in [5.41, 5.74) is 0.989. The number of aromatic nitrogens is 3. The Hall–Kier alpha value is -1.53. The van der Waals surface area contributed by atoms with Crippen LogP contribution in [0.4, 0.5) is 0 Å². The molecule has 0 atom stereocenters. The maximum Gasteiger partial charge on any atom is 0.151 e. The molecule has 1 aliphatic rings. The van der Waals surface area contributed by atoms with Crippen molar-refractivity contribution in [2.75, 3.05) is 19.6 Å². The fourth-order valence-electron chi connectivity index (χ4n) is 4.58. The Kier molecular flexibility index (Phi) is 22.4. The van der Waals surface area contributed by atoms with Gasteiger partial charge in [0.1, 0.15) is 6.33 Å². The van der Waals surface area contributed by atoms with Gasteiger partial charge < -0.3 is 4.90 Å². The van der Waals surface area contributed by atoms with Gasteiger partial charge in [-0.3, -0.25) is 0 Å². The molecule has 1 fully saturated rings. The van der Waals surface area contributed by atoms with Crippen LogP contribution in [0.3, 0.4) is 0 Å². The molecule has 37 heavy (non-hydrogen) atoms. The highest BCUT2D eigenvalue weighted by atomic mass is 32.1. The molecule has 2 aromatic rings. The molecular formula is C31H57N5S. The maximum absolute atomic E-state index is 4.13. The number of aryl methyl sites for hydroxylation is 1. The first kappa shape index (κ1) is 33.5. The molecule has 212 valence electrons. The van der Waals surface area contributed by atoms with Crippen molar-refractivity contribution in [3.8, 4) is 0 Å². The van der Waals surface area contributed by atoms with E-state index in [0.717, 1.165) is 11.5 Å². The van der Waals surface area contributed by atoms with Crippen LogP contribution >= 0.6 is 11.3 Å². The lowest BCUT2D eigenvalue weighted by Gasteiger charge is -2.20. The molecule has 1 aliphatic heterocycles. The van der Waals surface area contributed by atoms with Crippen LogP contribution in [-0.4, -0.2) is 45.1 Å². The molecule has 0 bridgehead atoms. The van der Waals surface area contributed by atoms with Crippen molar-refractivity contribution < 1.29 is 0 Å². The minimum atomic E-state index is 0.807. The number of nitrogens with zero attached hydrogens (tertiary/aromatic N) is 5. The van der Waals surface area contributed by atoms with Gasteiger partial charge in [0, 0.05) is 5.71 Å². The van der Waals surface area contributed by atoms with E-state index in [9.17, 15) is 0 Å². The molecule has 3 rings (SSSR count). The molecule has 0 amide bonds. The predicted octanol–water partition coefficient (Wildman–Crippen LogP) is 9.53. The van der Waals surface area contributed by atoms with E-state index in [1.54, 1.807) is 22.3 Å². The van der Waals surface area contributed by atoms with Gasteiger partial charge >= 0.3 is 0 Å². The summed E-state index contributed by atoms with van der Waals surface area (Å²) < 4.78 is 1.65. The van der Waals surface area contributed by atoms with E-state index in [0.29, 0.717) is 0 Å². The second-order valence-electron chi connectivity index (χ2n) is 10.5. The second-order valence-corrected chi connectivity index (χ2v) is 11.3. The topological polar surface area (TPSA) is 46.3 Å². The van der Waals surface area contributed by atoms with E-state index in [-0.39, 0.29) is 0 Å². The van der Waals surface area contributed by atoms with Crippen LogP contribution in [0.5, 0.6) is 0 Å². The number of thiophene rings is 1. The summed E-state index contributed by atoms with van der Waals surface area (Å²) in [5.74, 6) is 0.807. The van der Waals surface area contributed by atoms with Crippen molar-refractivity contribution in [3.63, 3.8) is 0 Å². The summed E-state index contributed by atoms with van der Waals surface area (Å²) in [6.07, 6.45) is 26.6. The molecule has 6 heteroatoms. The van der Waals surface area contributed by atoms with Crippen LogP contribution in [0.25, 0.3) is 0 Å². The number of rotatable bonds is 2. The molecule has 0 radical (unpaired) electrons. The minimum absolute atomic E-state index is 0.807. The van der Waals surface area contributed by atoms with E-state index >= 15 is 0 Å². The molecule has 0 N–H and O–H groups in total. The summed E-state index contributed by atoms with van der Waals surface area (Å²) in [6.45, 7) is 12.0. The largest absolute Gasteiger partial charge is 0.304 e. The summed E-state index contributed by atoms with van der Waals surface area (Å²) in [6, 6.07) is 4.04. The summed E-state index contributed by atoms with van der Waals surface area (Å²) in [7, 11) is 0. The maximum atomic E-state index is 4.13. The molecule has 1 saturated heterocycles. The predicted molar refractivity (Wildman–Crippen MR) is 164 cm³/mol. The van der Waals surface area contributed by atoms with E-state index in [1.807, 2.05) is 43.7 Å². The lowest BCUT2D eigenvalue weighted by atomic mass is 10.0. The van der Waals surface area contributed by atoms with Crippen molar-refractivity contribution in [1.82, 2.24) is 19.8 Å². The molecule has 0 unspecified atom stereocenters. The van der Waals surface area contributed by atoms with Crippen molar-refractivity contribution in [2.45, 2.75) is 137 Å². The van der Waals surface area contributed by atoms with Crippen molar-refractivity contribution in [1.29, 1.82) is 0 Å². The van der Waals surface area contributed by atoms with Crippen LogP contribution in [-0.2, 0) is 0 Å². The zero-order chi connectivity index (χ0) is 26.8. The fourth-order valence-corrected chi connectivity index (χ4v) is 5.03. The summed E-state index contributed by atoms with van der Waals surface area (Å²) in [5, 5.41) is 15.7. The molecular weight excluding hydrogens is 474 g/mol. The van der Waals surface area contributed by atoms with Crippen molar-refractivity contribution >= 4 is 17.0 Å². The Bertz CT molecular complexity index is 699. The Morgan fingerprint density at radius 1 is 0.730 bits per heavy atom. The second kappa shape index (κ2) is 24.8. The van der Waals surface area contributed by atoms with Gasteiger partial charge in [-0.05, 0) is 64.0 Å². The molecule has 0 spiro atoms. The Labute approximate surface area is 233 Å². The number of hydrogen-bond donors (Lipinski definition) is 0. The van der Waals surface area contributed by atoms with E-state index in [1.165, 1.54) is 129 Å². The molecule has 0 saturated carbocycles. The summed E-state index contributed by atoms with van der Waals surface area (Å²) >= 11 is 1.71. The monoisotopic (exact) mass is 531 g/mol. The van der Waals surface area contributed by atoms with E-state index in [4.69, 9.17) is 0 Å². The van der Waals surface area contributed by atoms with Gasteiger partial charge in [0.15, 0.2) is 5.82 Å². The third kappa shape index (κ3) is 21.1. The Balaban J connectivity index is 0.000000369. The highest BCUT2D eigenvalue weighted by molar-refractivity contribution is 7.07. The van der Waals surface area contributed by atoms with Gasteiger partial charge in [0.05, 0.1) is 0 Å². The fraction of sp³-hybridized carbons (Fsp3) is 0.774. The molecule has 0 aliphatic carbocycles. The van der Waals surface area contributed by atoms with Gasteiger partial charge in [-0.15, -0.1) is 10.2 Å². The molecule has 0 aromatic carbocycles. The van der Waals surface area contributed by atoms with Crippen LogP contribution in [0.15, 0.2) is 34.3 Å². The minimum Gasteiger partial charge on any atom is -0.304 e. The first-order valence-electron chi connectivity index (χ1n) is 15.2.